The van der Waals surface area contributed by atoms with Crippen molar-refractivity contribution in [2.45, 2.75) is 0 Å². The first-order valence-corrected chi connectivity index (χ1v) is 4.49. The summed E-state index contributed by atoms with van der Waals surface area (Å²) in [6, 6.07) is 4.45. The maximum Gasteiger partial charge on any atom is 0.344 e. The molecule has 0 aliphatic carbocycles. The van der Waals surface area contributed by atoms with E-state index < -0.39 is 17.7 Å². The van der Waals surface area contributed by atoms with Crippen LogP contribution >= 0.6 is 0 Å². The summed E-state index contributed by atoms with van der Waals surface area (Å²) in [5, 5.41) is 0.439. The number of ether oxygens (including phenoxy) is 1. The Hall–Kier alpha value is -2.24. The smallest absolute Gasteiger partial charge is 0.344 e. The summed E-state index contributed by atoms with van der Waals surface area (Å²) in [6.07, 6.45) is -2.54. The van der Waals surface area contributed by atoms with Crippen LogP contribution in [0.2, 0.25) is 0 Å². The van der Waals surface area contributed by atoms with Crippen molar-refractivity contribution in [3.8, 4) is 5.75 Å². The molecule has 0 aliphatic heterocycles. The van der Waals surface area contributed by atoms with Crippen LogP contribution in [-0.4, -0.2) is 0 Å². The molecular weight excluding hydrogens is 237 g/mol. The van der Waals surface area contributed by atoms with Gasteiger partial charge in [0.05, 0.1) is 0 Å². The molecular formula is C11H5F3O3. The molecule has 0 radical (unpaired) electrons. The third kappa shape index (κ3) is 2.47. The molecule has 1 heterocycles. The quantitative estimate of drug-likeness (QED) is 0.599. The Kier molecular flexibility index (Phi) is 2.86. The molecule has 6 heteroatoms. The number of hydrogen-bond acceptors (Lipinski definition) is 3. The van der Waals surface area contributed by atoms with Gasteiger partial charge in [-0.3, -0.25) is 0 Å². The van der Waals surface area contributed by atoms with Crippen LogP contribution in [0.1, 0.15) is 0 Å². The van der Waals surface area contributed by atoms with Crippen molar-refractivity contribution in [1.29, 1.82) is 0 Å². The monoisotopic (exact) mass is 242 g/mol. The zero-order chi connectivity index (χ0) is 12.4. The fourth-order valence-corrected chi connectivity index (χ4v) is 1.26. The Morgan fingerprint density at radius 3 is 2.59 bits per heavy atom. The maximum absolute atomic E-state index is 12.5. The lowest BCUT2D eigenvalue weighted by Crippen LogP contribution is -1.95. The molecule has 0 saturated heterocycles. The van der Waals surface area contributed by atoms with Crippen molar-refractivity contribution in [3.63, 3.8) is 0 Å². The Balaban J connectivity index is 2.42. The lowest BCUT2D eigenvalue weighted by Gasteiger charge is -2.02. The van der Waals surface area contributed by atoms with E-state index in [4.69, 9.17) is 4.42 Å². The van der Waals surface area contributed by atoms with Gasteiger partial charge in [-0.15, -0.1) is 0 Å². The number of fused-ring (bicyclic) bond motifs is 1. The molecule has 3 nitrogen and oxygen atoms in total. The zero-order valence-corrected chi connectivity index (χ0v) is 8.25. The highest BCUT2D eigenvalue weighted by Gasteiger charge is 2.08. The molecule has 17 heavy (non-hydrogen) atoms. The first-order chi connectivity index (χ1) is 8.06. The molecule has 0 N–H and O–H groups in total. The predicted octanol–water partition coefficient (Wildman–Crippen LogP) is 3.21. The zero-order valence-electron chi connectivity index (χ0n) is 8.25. The standard InChI is InChI=1S/C11H5F3O3/c12-10(13)11(14)16-7-2-3-8-6(5-7)1-4-9(15)17-8/h1-5H. The summed E-state index contributed by atoms with van der Waals surface area (Å²) in [6.45, 7) is 0. The molecule has 0 spiro atoms. The van der Waals surface area contributed by atoms with Crippen molar-refractivity contribution >= 4 is 11.0 Å². The van der Waals surface area contributed by atoms with Crippen molar-refractivity contribution in [2.75, 3.05) is 0 Å². The van der Waals surface area contributed by atoms with Gasteiger partial charge in [0, 0.05) is 11.5 Å². The fraction of sp³-hybridized carbons (Fsp3) is 0. The highest BCUT2D eigenvalue weighted by Crippen LogP contribution is 2.23. The molecule has 0 amide bonds. The average Bonchev–Trinajstić information content (AvgIpc) is 2.29. The predicted molar refractivity (Wildman–Crippen MR) is 53.5 cm³/mol. The lowest BCUT2D eigenvalue weighted by atomic mass is 10.2. The van der Waals surface area contributed by atoms with Crippen LogP contribution in [0.15, 0.2) is 51.6 Å². The second-order valence-corrected chi connectivity index (χ2v) is 3.09. The van der Waals surface area contributed by atoms with E-state index in [0.717, 1.165) is 6.07 Å². The minimum absolute atomic E-state index is 0.114. The Bertz CT molecular complexity index is 642. The molecule has 0 unspecified atom stereocenters. The topological polar surface area (TPSA) is 39.4 Å². The van der Waals surface area contributed by atoms with Crippen LogP contribution in [0, 0.1) is 0 Å². The minimum atomic E-state index is -2.54. The highest BCUT2D eigenvalue weighted by atomic mass is 19.3. The van der Waals surface area contributed by atoms with Crippen LogP contribution in [-0.2, 0) is 0 Å². The Morgan fingerprint density at radius 1 is 1.12 bits per heavy atom. The van der Waals surface area contributed by atoms with Crippen molar-refractivity contribution in [2.24, 2.45) is 0 Å². The third-order valence-electron chi connectivity index (χ3n) is 1.95. The molecule has 0 atom stereocenters. The van der Waals surface area contributed by atoms with Crippen LogP contribution in [0.4, 0.5) is 13.2 Å². The molecule has 88 valence electrons. The van der Waals surface area contributed by atoms with E-state index in [1.165, 1.54) is 24.3 Å². The molecule has 0 bridgehead atoms. The normalized spacial score (nSPS) is 10.3. The van der Waals surface area contributed by atoms with Crippen LogP contribution in [0.3, 0.4) is 0 Å². The van der Waals surface area contributed by atoms with Crippen LogP contribution in [0.25, 0.3) is 11.0 Å². The number of hydrogen-bond donors (Lipinski definition) is 0. The summed E-state index contributed by atoms with van der Waals surface area (Å²) < 4.78 is 45.2. The first-order valence-electron chi connectivity index (χ1n) is 4.49. The van der Waals surface area contributed by atoms with Crippen molar-refractivity contribution in [1.82, 2.24) is 0 Å². The number of rotatable bonds is 2. The molecule has 1 aromatic heterocycles. The first kappa shape index (κ1) is 11.3. The van der Waals surface area contributed by atoms with E-state index in [2.05, 4.69) is 4.74 Å². The Labute approximate surface area is 92.7 Å². The molecule has 2 aromatic rings. The highest BCUT2D eigenvalue weighted by molar-refractivity contribution is 5.77. The SMILES string of the molecule is O=c1ccc2cc(OC(F)=C(F)F)ccc2o1. The summed E-state index contributed by atoms with van der Waals surface area (Å²) in [5.74, 6) is -0.114. The maximum atomic E-state index is 12.5. The van der Waals surface area contributed by atoms with Gasteiger partial charge in [0.2, 0.25) is 0 Å². The van der Waals surface area contributed by atoms with Gasteiger partial charge in [0.15, 0.2) is 0 Å². The third-order valence-corrected chi connectivity index (χ3v) is 1.95. The van der Waals surface area contributed by atoms with E-state index in [0.29, 0.717) is 5.39 Å². The number of halogens is 3. The molecule has 0 saturated carbocycles. The summed E-state index contributed by atoms with van der Waals surface area (Å²) >= 11 is 0. The molecule has 0 fully saturated rings. The van der Waals surface area contributed by atoms with E-state index >= 15 is 0 Å². The van der Waals surface area contributed by atoms with E-state index in [9.17, 15) is 18.0 Å². The average molecular weight is 242 g/mol. The van der Waals surface area contributed by atoms with Crippen molar-refractivity contribution in [3.05, 3.63) is 52.8 Å². The summed E-state index contributed by atoms with van der Waals surface area (Å²) in [5.41, 5.74) is -0.276. The van der Waals surface area contributed by atoms with Gasteiger partial charge in [0.25, 0.3) is 0 Å². The molecule has 2 rings (SSSR count). The minimum Gasteiger partial charge on any atom is -0.428 e. The van der Waals surface area contributed by atoms with Gasteiger partial charge >= 0.3 is 17.7 Å². The summed E-state index contributed by atoms with van der Waals surface area (Å²) in [7, 11) is 0. The van der Waals surface area contributed by atoms with Gasteiger partial charge in [-0.25, -0.2) is 4.79 Å². The number of benzene rings is 1. The second-order valence-electron chi connectivity index (χ2n) is 3.09. The van der Waals surface area contributed by atoms with Gasteiger partial charge < -0.3 is 9.15 Å². The van der Waals surface area contributed by atoms with Crippen LogP contribution in [0.5, 0.6) is 5.75 Å². The van der Waals surface area contributed by atoms with Crippen molar-refractivity contribution < 1.29 is 22.3 Å². The fourth-order valence-electron chi connectivity index (χ4n) is 1.26. The Morgan fingerprint density at radius 2 is 1.88 bits per heavy atom. The second kappa shape index (κ2) is 4.32. The molecule has 0 aliphatic rings. The van der Waals surface area contributed by atoms with Gasteiger partial charge in [-0.2, -0.15) is 13.2 Å². The largest absolute Gasteiger partial charge is 0.428 e. The lowest BCUT2D eigenvalue weighted by molar-refractivity contribution is 0.241. The van der Waals surface area contributed by atoms with Gasteiger partial charge in [-0.1, -0.05) is 0 Å². The van der Waals surface area contributed by atoms with E-state index in [-0.39, 0.29) is 11.3 Å². The van der Waals surface area contributed by atoms with Crippen LogP contribution < -0.4 is 10.4 Å². The van der Waals surface area contributed by atoms with Gasteiger partial charge in [0.1, 0.15) is 11.3 Å². The summed E-state index contributed by atoms with van der Waals surface area (Å²) in [4.78, 5) is 10.9. The van der Waals surface area contributed by atoms with E-state index in [1.807, 2.05) is 0 Å². The van der Waals surface area contributed by atoms with Gasteiger partial charge in [-0.05, 0) is 24.3 Å². The van der Waals surface area contributed by atoms with E-state index in [1.54, 1.807) is 0 Å². The molecule has 1 aromatic carbocycles.